The molecule has 1 unspecified atom stereocenters. The largest absolute Gasteiger partial charge is 0.397 e. The summed E-state index contributed by atoms with van der Waals surface area (Å²) in [6.07, 6.45) is 4.09. The van der Waals surface area contributed by atoms with Gasteiger partial charge < -0.3 is 11.1 Å². The fraction of sp³-hybridized carbons (Fsp3) is 0. The maximum absolute atomic E-state index is 13.2. The number of nitrogens with zero attached hydrogens (tertiary/aromatic N) is 2. The smallest absolute Gasteiger partial charge is 0.255 e. The van der Waals surface area contributed by atoms with E-state index in [2.05, 4.69) is 15.3 Å². The normalized spacial score (nSPS) is 12.7. The zero-order valence-corrected chi connectivity index (χ0v) is 17.5. The molecule has 1 atom stereocenters. The first-order valence-electron chi connectivity index (χ1n) is 9.46. The van der Waals surface area contributed by atoms with Gasteiger partial charge in [0.1, 0.15) is 15.5 Å². The minimum Gasteiger partial charge on any atom is -0.397 e. The third-order valence-electron chi connectivity index (χ3n) is 4.76. The second-order valence-corrected chi connectivity index (χ2v) is 8.89. The van der Waals surface area contributed by atoms with Gasteiger partial charge in [-0.3, -0.25) is 9.78 Å². The first-order chi connectivity index (χ1) is 15.3. The van der Waals surface area contributed by atoms with Crippen LogP contribution in [-0.4, -0.2) is 20.1 Å². The Labute approximate surface area is 184 Å². The zero-order valence-electron chi connectivity index (χ0n) is 16.7. The van der Waals surface area contributed by atoms with Gasteiger partial charge in [0.2, 0.25) is 0 Å². The average Bonchev–Trinajstić information content (AvgIpc) is 2.81. The summed E-state index contributed by atoms with van der Waals surface area (Å²) in [7, 11) is -3.34. The predicted molar refractivity (Wildman–Crippen MR) is 120 cm³/mol. The van der Waals surface area contributed by atoms with Gasteiger partial charge in [0.15, 0.2) is 5.03 Å². The number of carbonyl (C=O) groups excluding carboxylic acids is 1. The number of aromatic nitrogens is 2. The van der Waals surface area contributed by atoms with Crippen LogP contribution in [0.2, 0.25) is 0 Å². The van der Waals surface area contributed by atoms with E-state index in [4.69, 9.17) is 10.5 Å². The van der Waals surface area contributed by atoms with Crippen LogP contribution in [-0.2, 0) is 9.73 Å². The lowest BCUT2D eigenvalue weighted by atomic mass is 10.0. The molecule has 0 aliphatic rings. The lowest BCUT2D eigenvalue weighted by Gasteiger charge is -2.12. The number of hydrogen-bond donors (Lipinski definition) is 3. The molecule has 160 valence electrons. The molecule has 4 aromatic rings. The third-order valence-corrected chi connectivity index (χ3v) is 6.50. The lowest BCUT2D eigenvalue weighted by Crippen LogP contribution is -2.13. The molecule has 7 nitrogen and oxygen atoms in total. The Balaban J connectivity index is 1.56. The standard InChI is InChI=1S/C23H18FN5O2S/c24-18-6-1-15(2-7-18)17-5-10-20(25)21(13-17)29-23(30)16-3-8-19(9-4-16)32(26,31)22-14-27-11-12-28-22/h1-14,26H,25H2,(H,29,30). The van der Waals surface area contributed by atoms with Crippen LogP contribution in [0.1, 0.15) is 10.4 Å². The van der Waals surface area contributed by atoms with Crippen molar-refractivity contribution >= 4 is 27.0 Å². The van der Waals surface area contributed by atoms with Crippen LogP contribution in [0.4, 0.5) is 15.8 Å². The molecule has 0 fully saturated rings. The summed E-state index contributed by atoms with van der Waals surface area (Å²) in [6, 6.07) is 17.0. The highest BCUT2D eigenvalue weighted by atomic mass is 32.2. The molecular formula is C23H18FN5O2S. The molecule has 3 aromatic carbocycles. The van der Waals surface area contributed by atoms with Crippen molar-refractivity contribution in [3.8, 4) is 11.1 Å². The summed E-state index contributed by atoms with van der Waals surface area (Å²) in [5.74, 6) is -0.757. The molecule has 0 saturated heterocycles. The van der Waals surface area contributed by atoms with E-state index in [9.17, 15) is 13.4 Å². The van der Waals surface area contributed by atoms with Gasteiger partial charge in [0.25, 0.3) is 5.91 Å². The van der Waals surface area contributed by atoms with Crippen LogP contribution >= 0.6 is 0 Å². The maximum Gasteiger partial charge on any atom is 0.255 e. The number of halogens is 1. The molecule has 0 aliphatic carbocycles. The van der Waals surface area contributed by atoms with Gasteiger partial charge >= 0.3 is 0 Å². The molecule has 0 radical (unpaired) electrons. The van der Waals surface area contributed by atoms with Gasteiger partial charge in [-0.05, 0) is 59.7 Å². The number of rotatable bonds is 5. The van der Waals surface area contributed by atoms with Gasteiger partial charge in [-0.15, -0.1) is 0 Å². The average molecular weight is 447 g/mol. The first-order valence-corrected chi connectivity index (χ1v) is 11.0. The van der Waals surface area contributed by atoms with Crippen molar-refractivity contribution in [2.45, 2.75) is 9.92 Å². The Bertz CT molecular complexity index is 1370. The number of benzene rings is 3. The van der Waals surface area contributed by atoms with E-state index in [0.717, 1.165) is 11.1 Å². The van der Waals surface area contributed by atoms with E-state index in [1.165, 1.54) is 55.0 Å². The topological polar surface area (TPSA) is 122 Å². The summed E-state index contributed by atoms with van der Waals surface area (Å²) in [4.78, 5) is 20.8. The van der Waals surface area contributed by atoms with Gasteiger partial charge in [0, 0.05) is 18.0 Å². The number of carbonyl (C=O) groups is 1. The van der Waals surface area contributed by atoms with E-state index in [0.29, 0.717) is 16.9 Å². The Hall–Kier alpha value is -4.11. The highest BCUT2D eigenvalue weighted by molar-refractivity contribution is 7.92. The van der Waals surface area contributed by atoms with Crippen LogP contribution in [0.25, 0.3) is 11.1 Å². The monoisotopic (exact) mass is 447 g/mol. The number of hydrogen-bond acceptors (Lipinski definition) is 6. The molecule has 0 bridgehead atoms. The summed E-state index contributed by atoms with van der Waals surface area (Å²) in [5.41, 5.74) is 8.64. The SMILES string of the molecule is N=S(=O)(c1ccc(C(=O)Nc2cc(-c3ccc(F)cc3)ccc2N)cc1)c1cnccn1. The van der Waals surface area contributed by atoms with Crippen molar-refractivity contribution in [1.82, 2.24) is 9.97 Å². The van der Waals surface area contributed by atoms with Crippen molar-refractivity contribution in [2.24, 2.45) is 0 Å². The third kappa shape index (κ3) is 4.33. The first kappa shape index (κ1) is 21.1. The summed E-state index contributed by atoms with van der Waals surface area (Å²) < 4.78 is 34.2. The molecule has 0 spiro atoms. The second kappa shape index (κ2) is 8.56. The minimum absolute atomic E-state index is 0.0441. The van der Waals surface area contributed by atoms with E-state index in [1.807, 2.05) is 0 Å². The molecule has 0 aliphatic heterocycles. The second-order valence-electron chi connectivity index (χ2n) is 6.89. The van der Waals surface area contributed by atoms with Crippen LogP contribution in [0.3, 0.4) is 0 Å². The van der Waals surface area contributed by atoms with Gasteiger partial charge in [-0.2, -0.15) is 0 Å². The van der Waals surface area contributed by atoms with Crippen molar-refractivity contribution in [3.05, 3.63) is 96.7 Å². The summed E-state index contributed by atoms with van der Waals surface area (Å²) in [6.45, 7) is 0. The molecular weight excluding hydrogens is 429 g/mol. The van der Waals surface area contributed by atoms with E-state index in [-0.39, 0.29) is 15.7 Å². The summed E-state index contributed by atoms with van der Waals surface area (Å²) >= 11 is 0. The number of anilines is 2. The molecule has 4 N–H and O–H groups in total. The molecule has 32 heavy (non-hydrogen) atoms. The molecule has 0 saturated carbocycles. The number of nitrogens with one attached hydrogen (secondary N) is 2. The molecule has 1 amide bonds. The number of nitrogen functional groups attached to an aromatic ring is 1. The zero-order chi connectivity index (χ0) is 22.7. The molecule has 1 aromatic heterocycles. The summed E-state index contributed by atoms with van der Waals surface area (Å²) in [5, 5.41) is 2.80. The van der Waals surface area contributed by atoms with Crippen LogP contribution in [0.15, 0.2) is 95.2 Å². The maximum atomic E-state index is 13.2. The van der Waals surface area contributed by atoms with Crippen molar-refractivity contribution in [1.29, 1.82) is 4.78 Å². The highest BCUT2D eigenvalue weighted by Gasteiger charge is 2.16. The van der Waals surface area contributed by atoms with Crippen molar-refractivity contribution < 1.29 is 13.4 Å². The van der Waals surface area contributed by atoms with Crippen molar-refractivity contribution in [3.63, 3.8) is 0 Å². The Morgan fingerprint density at radius 2 is 1.66 bits per heavy atom. The number of nitrogens with two attached hydrogens (primary N) is 1. The van der Waals surface area contributed by atoms with Crippen LogP contribution in [0.5, 0.6) is 0 Å². The Morgan fingerprint density at radius 3 is 2.31 bits per heavy atom. The Kier molecular flexibility index (Phi) is 5.65. The predicted octanol–water partition coefficient (Wildman–Crippen LogP) is 4.58. The van der Waals surface area contributed by atoms with Gasteiger partial charge in [-0.25, -0.2) is 18.4 Å². The van der Waals surface area contributed by atoms with Gasteiger partial charge in [-0.1, -0.05) is 18.2 Å². The van der Waals surface area contributed by atoms with Crippen LogP contribution in [0, 0.1) is 10.6 Å². The van der Waals surface area contributed by atoms with E-state index < -0.39 is 15.6 Å². The number of amides is 1. The fourth-order valence-electron chi connectivity index (χ4n) is 3.03. The fourth-order valence-corrected chi connectivity index (χ4v) is 4.21. The van der Waals surface area contributed by atoms with E-state index >= 15 is 0 Å². The quantitative estimate of drug-likeness (QED) is 0.387. The van der Waals surface area contributed by atoms with Crippen LogP contribution < -0.4 is 11.1 Å². The van der Waals surface area contributed by atoms with Crippen molar-refractivity contribution in [2.75, 3.05) is 11.1 Å². The molecule has 4 rings (SSSR count). The highest BCUT2D eigenvalue weighted by Crippen LogP contribution is 2.28. The van der Waals surface area contributed by atoms with Gasteiger partial charge in [0.05, 0.1) is 22.5 Å². The minimum atomic E-state index is -3.34. The Morgan fingerprint density at radius 1 is 0.969 bits per heavy atom. The van der Waals surface area contributed by atoms with E-state index in [1.54, 1.807) is 30.3 Å². The molecule has 9 heteroatoms. The lowest BCUT2D eigenvalue weighted by molar-refractivity contribution is 0.102. The molecule has 1 heterocycles.